The van der Waals surface area contributed by atoms with Crippen LogP contribution < -0.4 is 23.7 Å². The van der Waals surface area contributed by atoms with Crippen molar-refractivity contribution in [2.24, 2.45) is 0 Å². The molecular formula is C43H36O6. The second kappa shape index (κ2) is 16.5. The van der Waals surface area contributed by atoms with E-state index < -0.39 is 0 Å². The van der Waals surface area contributed by atoms with Crippen LogP contribution in [0, 0.1) is 11.8 Å². The Balaban J connectivity index is 1.36. The minimum atomic E-state index is -0.0466. The summed E-state index contributed by atoms with van der Waals surface area (Å²) < 4.78 is 30.6. The zero-order valence-electron chi connectivity index (χ0n) is 27.2. The van der Waals surface area contributed by atoms with Crippen molar-refractivity contribution in [1.29, 1.82) is 0 Å². The summed E-state index contributed by atoms with van der Waals surface area (Å²) in [6.45, 7) is 1.25. The molecule has 0 bridgehead atoms. The summed E-state index contributed by atoms with van der Waals surface area (Å²) in [5, 5.41) is 11.2. The van der Waals surface area contributed by atoms with Gasteiger partial charge in [-0.15, -0.1) is 0 Å². The second-order valence-corrected chi connectivity index (χ2v) is 11.2. The highest BCUT2D eigenvalue weighted by Crippen LogP contribution is 2.37. The van der Waals surface area contributed by atoms with Gasteiger partial charge in [0.2, 0.25) is 0 Å². The van der Waals surface area contributed by atoms with Gasteiger partial charge < -0.3 is 28.8 Å². The van der Waals surface area contributed by atoms with Crippen molar-refractivity contribution in [1.82, 2.24) is 0 Å². The zero-order valence-corrected chi connectivity index (χ0v) is 27.2. The first-order valence-electron chi connectivity index (χ1n) is 15.9. The number of phenols is 1. The molecule has 0 fully saturated rings. The number of ether oxygens (including phenoxy) is 5. The third-order valence-electron chi connectivity index (χ3n) is 7.61. The molecule has 0 aliphatic carbocycles. The Labute approximate surface area is 287 Å². The molecule has 0 heterocycles. The fourth-order valence-corrected chi connectivity index (χ4v) is 4.98. The first-order chi connectivity index (χ1) is 24.1. The number of hydrogen-bond donors (Lipinski definition) is 1. The molecule has 1 N–H and O–H groups in total. The Morgan fingerprint density at radius 2 is 0.816 bits per heavy atom. The number of phenolic OH excluding ortho intramolecular Hbond substituents is 1. The van der Waals surface area contributed by atoms with Crippen LogP contribution in [-0.4, -0.2) is 12.2 Å². The zero-order chi connectivity index (χ0) is 33.7. The van der Waals surface area contributed by atoms with Crippen molar-refractivity contribution >= 4 is 0 Å². The summed E-state index contributed by atoms with van der Waals surface area (Å²) in [5.41, 5.74) is 4.86. The van der Waals surface area contributed by atoms with Gasteiger partial charge >= 0.3 is 0 Å². The van der Waals surface area contributed by atoms with Crippen molar-refractivity contribution in [2.75, 3.05) is 7.11 Å². The molecule has 0 amide bonds. The molecule has 6 rings (SSSR count). The smallest absolute Gasteiger partial charge is 0.165 e. The van der Waals surface area contributed by atoms with Gasteiger partial charge in [-0.2, -0.15) is 0 Å². The average Bonchev–Trinajstić information content (AvgIpc) is 3.16. The summed E-state index contributed by atoms with van der Waals surface area (Å²) >= 11 is 0. The summed E-state index contributed by atoms with van der Waals surface area (Å²) in [7, 11) is 1.60. The number of rotatable bonds is 13. The van der Waals surface area contributed by atoms with E-state index in [9.17, 15) is 5.11 Å². The van der Waals surface area contributed by atoms with Gasteiger partial charge in [0, 0.05) is 24.3 Å². The summed E-state index contributed by atoms with van der Waals surface area (Å²) in [6.07, 6.45) is 0. The molecule has 49 heavy (non-hydrogen) atoms. The fraction of sp³-hybridized carbons (Fsp3) is 0.116. The third-order valence-corrected chi connectivity index (χ3v) is 7.61. The van der Waals surface area contributed by atoms with E-state index in [1.807, 2.05) is 121 Å². The van der Waals surface area contributed by atoms with Gasteiger partial charge in [0.05, 0.1) is 12.7 Å². The largest absolute Gasteiger partial charge is 0.506 e. The Morgan fingerprint density at radius 3 is 1.20 bits per heavy atom. The maximum absolute atomic E-state index is 11.2. The van der Waals surface area contributed by atoms with Crippen molar-refractivity contribution in [3.63, 3.8) is 0 Å². The molecular weight excluding hydrogens is 612 g/mol. The Morgan fingerprint density at radius 1 is 0.449 bits per heavy atom. The predicted molar refractivity (Wildman–Crippen MR) is 190 cm³/mol. The summed E-state index contributed by atoms with van der Waals surface area (Å²) in [6, 6.07) is 46.3. The molecule has 0 atom stereocenters. The lowest BCUT2D eigenvalue weighted by molar-refractivity contribution is 0.254. The Hall–Kier alpha value is -6.32. The number of hydrogen-bond acceptors (Lipinski definition) is 6. The molecule has 6 heteroatoms. The van der Waals surface area contributed by atoms with Gasteiger partial charge in [0.25, 0.3) is 0 Å². The van der Waals surface area contributed by atoms with E-state index in [1.54, 1.807) is 31.4 Å². The maximum Gasteiger partial charge on any atom is 0.165 e. The molecule has 6 aromatic rings. The lowest BCUT2D eigenvalue weighted by atomic mass is 10.1. The summed E-state index contributed by atoms with van der Waals surface area (Å²) in [5.74, 6) is 8.74. The lowest BCUT2D eigenvalue weighted by Gasteiger charge is -2.16. The normalized spacial score (nSPS) is 10.4. The molecule has 0 spiro atoms. The topological polar surface area (TPSA) is 66.4 Å². The molecule has 244 valence electrons. The van der Waals surface area contributed by atoms with E-state index >= 15 is 0 Å². The van der Waals surface area contributed by atoms with E-state index in [1.165, 1.54) is 0 Å². The lowest BCUT2D eigenvalue weighted by Crippen LogP contribution is -2.02. The van der Waals surface area contributed by atoms with Gasteiger partial charge in [0.15, 0.2) is 11.5 Å². The monoisotopic (exact) mass is 648 g/mol. The molecule has 0 aromatic heterocycles. The predicted octanol–water partition coefficient (Wildman–Crippen LogP) is 9.12. The number of benzene rings is 6. The van der Waals surface area contributed by atoms with Crippen LogP contribution in [-0.2, 0) is 26.4 Å². The van der Waals surface area contributed by atoms with E-state index in [-0.39, 0.29) is 5.75 Å². The van der Waals surface area contributed by atoms with Crippen LogP contribution in [0.5, 0.6) is 34.5 Å². The van der Waals surface area contributed by atoms with Crippen LogP contribution in [0.25, 0.3) is 0 Å². The van der Waals surface area contributed by atoms with Crippen molar-refractivity contribution < 1.29 is 28.8 Å². The number of aromatic hydroxyl groups is 1. The van der Waals surface area contributed by atoms with Crippen molar-refractivity contribution in [3.05, 3.63) is 179 Å². The quantitative estimate of drug-likeness (QED) is 0.126. The van der Waals surface area contributed by atoms with Gasteiger partial charge in [-0.05, 0) is 22.3 Å². The maximum atomic E-state index is 11.2. The van der Waals surface area contributed by atoms with Crippen LogP contribution in [0.15, 0.2) is 146 Å². The van der Waals surface area contributed by atoms with Crippen LogP contribution in [0.3, 0.4) is 0 Å². The van der Waals surface area contributed by atoms with Crippen LogP contribution >= 0.6 is 0 Å². The molecule has 0 saturated heterocycles. The minimum Gasteiger partial charge on any atom is -0.506 e. The molecule has 0 aliphatic heterocycles. The van der Waals surface area contributed by atoms with Gasteiger partial charge in [0.1, 0.15) is 55.0 Å². The Bertz CT molecular complexity index is 1940. The van der Waals surface area contributed by atoms with Gasteiger partial charge in [-0.25, -0.2) is 0 Å². The van der Waals surface area contributed by atoms with E-state index in [0.717, 1.165) is 22.3 Å². The van der Waals surface area contributed by atoms with E-state index in [0.29, 0.717) is 66.3 Å². The number of methoxy groups -OCH3 is 1. The molecule has 0 aliphatic rings. The summed E-state index contributed by atoms with van der Waals surface area (Å²) in [4.78, 5) is 0. The molecule has 0 radical (unpaired) electrons. The highest BCUT2D eigenvalue weighted by molar-refractivity contribution is 5.63. The van der Waals surface area contributed by atoms with Crippen LogP contribution in [0.4, 0.5) is 0 Å². The highest BCUT2D eigenvalue weighted by Gasteiger charge is 2.16. The molecule has 0 saturated carbocycles. The van der Waals surface area contributed by atoms with E-state index in [4.69, 9.17) is 23.7 Å². The van der Waals surface area contributed by atoms with Crippen LogP contribution in [0.2, 0.25) is 0 Å². The van der Waals surface area contributed by atoms with Gasteiger partial charge in [-0.1, -0.05) is 133 Å². The first kappa shape index (κ1) is 32.6. The van der Waals surface area contributed by atoms with Crippen molar-refractivity contribution in [2.45, 2.75) is 26.4 Å². The second-order valence-electron chi connectivity index (χ2n) is 11.2. The average molecular weight is 649 g/mol. The minimum absolute atomic E-state index is 0.0466. The Kier molecular flexibility index (Phi) is 11.0. The van der Waals surface area contributed by atoms with Crippen molar-refractivity contribution in [3.8, 4) is 46.3 Å². The molecule has 6 nitrogen and oxygen atoms in total. The molecule has 6 aromatic carbocycles. The fourth-order valence-electron chi connectivity index (χ4n) is 4.98. The SMILES string of the molecule is COc1cc(OCc2ccccc2)c(C#Cc2cc(OCc3ccccc3)c(OCc3ccccc3)cc2O)c(OCc2ccccc2)c1. The van der Waals surface area contributed by atoms with E-state index in [2.05, 4.69) is 11.8 Å². The first-order valence-corrected chi connectivity index (χ1v) is 15.9. The van der Waals surface area contributed by atoms with Gasteiger partial charge in [-0.3, -0.25) is 0 Å². The highest BCUT2D eigenvalue weighted by atomic mass is 16.5. The molecule has 0 unspecified atom stereocenters. The van der Waals surface area contributed by atoms with Crippen LogP contribution in [0.1, 0.15) is 33.4 Å². The third kappa shape index (κ3) is 9.15. The standard InChI is InChI=1S/C43H36O6/c1-45-37-25-40(46-28-32-14-6-2-7-15-32)38(41(26-37)47-29-33-16-8-3-9-17-33)23-22-36-24-42(48-30-34-18-10-4-11-19-34)43(27-39(36)44)49-31-35-20-12-5-13-21-35/h2-21,24-27,44H,28-31H2,1H3.